The van der Waals surface area contributed by atoms with Crippen molar-refractivity contribution >= 4 is 33.3 Å². The number of methoxy groups -OCH3 is 1. The van der Waals surface area contributed by atoms with Crippen molar-refractivity contribution in [3.8, 4) is 5.75 Å². The van der Waals surface area contributed by atoms with Gasteiger partial charge < -0.3 is 20.1 Å². The van der Waals surface area contributed by atoms with E-state index in [1.165, 1.54) is 0 Å². The maximum absolute atomic E-state index is 11.8. The number of nitrogens with zero attached hydrogens (tertiary/aromatic N) is 3. The number of benzene rings is 1. The van der Waals surface area contributed by atoms with Crippen LogP contribution >= 0.6 is 11.3 Å². The predicted molar refractivity (Wildman–Crippen MR) is 105 cm³/mol. The summed E-state index contributed by atoms with van der Waals surface area (Å²) in [6.07, 6.45) is 4.22. The number of amides is 1. The maximum Gasteiger partial charge on any atom is 0.218 e. The Morgan fingerprint density at radius 3 is 2.89 bits per heavy atom. The van der Waals surface area contributed by atoms with Crippen molar-refractivity contribution in [1.82, 2.24) is 9.88 Å². The van der Waals surface area contributed by atoms with Crippen molar-refractivity contribution < 1.29 is 14.3 Å². The Morgan fingerprint density at radius 2 is 2.22 bits per heavy atom. The number of ether oxygens (including phenoxy) is 2. The monoisotopic (exact) mass is 386 g/mol. The fraction of sp³-hybridized carbons (Fsp3) is 0.421. The van der Waals surface area contributed by atoms with Gasteiger partial charge in [-0.2, -0.15) is 0 Å². The Morgan fingerprint density at radius 1 is 1.41 bits per heavy atom. The number of nitrogens with two attached hydrogens (primary N) is 1. The summed E-state index contributed by atoms with van der Waals surface area (Å²) in [6, 6.07) is 5.78. The van der Waals surface area contributed by atoms with E-state index in [2.05, 4.69) is 4.90 Å². The van der Waals surface area contributed by atoms with Gasteiger partial charge in [-0.3, -0.25) is 9.79 Å². The average molecular weight is 386 g/mol. The smallest absolute Gasteiger partial charge is 0.218 e. The number of morpholine rings is 1. The molecule has 0 bridgehead atoms. The second-order valence-electron chi connectivity index (χ2n) is 6.76. The number of aromatic nitrogens is 1. The molecule has 2 aromatic rings. The number of hydrogen-bond acceptors (Lipinski definition) is 7. The molecule has 2 N–H and O–H groups in total. The molecule has 2 aliphatic rings. The first-order chi connectivity index (χ1) is 13.1. The molecule has 1 saturated heterocycles. The van der Waals surface area contributed by atoms with Gasteiger partial charge in [0.1, 0.15) is 16.6 Å². The van der Waals surface area contributed by atoms with E-state index in [0.29, 0.717) is 19.8 Å². The van der Waals surface area contributed by atoms with Crippen molar-refractivity contribution in [3.63, 3.8) is 0 Å². The van der Waals surface area contributed by atoms with E-state index >= 15 is 0 Å². The molecule has 1 unspecified atom stereocenters. The largest absolute Gasteiger partial charge is 0.497 e. The van der Waals surface area contributed by atoms with E-state index in [4.69, 9.17) is 25.2 Å². The number of dihydropyridines is 1. The van der Waals surface area contributed by atoms with Gasteiger partial charge in [-0.05, 0) is 24.3 Å². The van der Waals surface area contributed by atoms with Crippen LogP contribution in [0.2, 0.25) is 0 Å². The summed E-state index contributed by atoms with van der Waals surface area (Å²) in [5.41, 5.74) is 5.86. The Kier molecular flexibility index (Phi) is 4.84. The quantitative estimate of drug-likeness (QED) is 0.864. The Balaban J connectivity index is 1.67. The molecule has 1 aromatic heterocycles. The lowest BCUT2D eigenvalue weighted by molar-refractivity contribution is -0.118. The number of carbonyl (C=O) groups excluding carboxylic acids is 1. The third kappa shape index (κ3) is 3.54. The lowest BCUT2D eigenvalue weighted by Gasteiger charge is -2.34. The van der Waals surface area contributed by atoms with E-state index in [1.807, 2.05) is 30.4 Å². The number of carbonyl (C=O) groups is 1. The van der Waals surface area contributed by atoms with E-state index in [1.54, 1.807) is 18.4 Å². The van der Waals surface area contributed by atoms with Crippen molar-refractivity contribution in [3.05, 3.63) is 35.4 Å². The summed E-state index contributed by atoms with van der Waals surface area (Å²) in [7, 11) is 1.64. The van der Waals surface area contributed by atoms with Gasteiger partial charge in [0.25, 0.3) is 0 Å². The lowest BCUT2D eigenvalue weighted by atomic mass is 9.83. The Labute approximate surface area is 161 Å². The van der Waals surface area contributed by atoms with Gasteiger partial charge >= 0.3 is 0 Å². The fourth-order valence-corrected chi connectivity index (χ4v) is 4.60. The van der Waals surface area contributed by atoms with Gasteiger partial charge in [0.2, 0.25) is 5.91 Å². The Bertz CT molecular complexity index is 917. The lowest BCUT2D eigenvalue weighted by Crippen LogP contribution is -2.43. The number of hydrogen-bond donors (Lipinski definition) is 1. The first-order valence-corrected chi connectivity index (χ1v) is 9.71. The molecule has 8 heteroatoms. The summed E-state index contributed by atoms with van der Waals surface area (Å²) in [4.78, 5) is 23.6. The van der Waals surface area contributed by atoms with Gasteiger partial charge in [-0.1, -0.05) is 6.08 Å². The second kappa shape index (κ2) is 7.28. The third-order valence-corrected chi connectivity index (χ3v) is 6.16. The number of thiazole rings is 1. The van der Waals surface area contributed by atoms with Crippen LogP contribution in [0.15, 0.2) is 35.3 Å². The molecule has 4 rings (SSSR count). The average Bonchev–Trinajstić information content (AvgIpc) is 3.12. The number of fused-ring (bicyclic) bond motifs is 1. The van der Waals surface area contributed by atoms with Crippen molar-refractivity contribution in [2.75, 3.05) is 40.0 Å². The van der Waals surface area contributed by atoms with E-state index in [0.717, 1.165) is 39.9 Å². The van der Waals surface area contributed by atoms with Crippen LogP contribution in [0.3, 0.4) is 0 Å². The minimum absolute atomic E-state index is 0.181. The molecule has 2 aliphatic heterocycles. The minimum atomic E-state index is -0.599. The molecule has 142 valence electrons. The second-order valence-corrected chi connectivity index (χ2v) is 7.79. The molecule has 27 heavy (non-hydrogen) atoms. The highest BCUT2D eigenvalue weighted by molar-refractivity contribution is 7.18. The molecule has 0 saturated carbocycles. The van der Waals surface area contributed by atoms with Crippen molar-refractivity contribution in [2.24, 2.45) is 10.7 Å². The minimum Gasteiger partial charge on any atom is -0.497 e. The molecule has 1 fully saturated rings. The fourth-order valence-electron chi connectivity index (χ4n) is 3.44. The summed E-state index contributed by atoms with van der Waals surface area (Å²) in [5.74, 6) is 1.36. The number of amidine groups is 1. The van der Waals surface area contributed by atoms with Crippen LogP contribution in [-0.4, -0.2) is 61.6 Å². The highest BCUT2D eigenvalue weighted by Gasteiger charge is 2.37. The van der Waals surface area contributed by atoms with Gasteiger partial charge in [-0.15, -0.1) is 11.3 Å². The van der Waals surface area contributed by atoms with Gasteiger partial charge in [0, 0.05) is 19.5 Å². The number of aliphatic imine (C=N–C) groups is 1. The zero-order valence-corrected chi connectivity index (χ0v) is 16.0. The first-order valence-electron chi connectivity index (χ1n) is 8.89. The third-order valence-electron chi connectivity index (χ3n) is 4.92. The van der Waals surface area contributed by atoms with E-state index in [9.17, 15) is 4.79 Å². The molecular formula is C19H22N4O3S. The van der Waals surface area contributed by atoms with Crippen LogP contribution in [-0.2, 0) is 14.9 Å². The van der Waals surface area contributed by atoms with E-state index < -0.39 is 5.41 Å². The van der Waals surface area contributed by atoms with Crippen LogP contribution in [0.1, 0.15) is 11.4 Å². The summed E-state index contributed by atoms with van der Waals surface area (Å²) in [6.45, 7) is 3.52. The first kappa shape index (κ1) is 17.9. The van der Waals surface area contributed by atoms with Crippen LogP contribution in [0.5, 0.6) is 5.75 Å². The topological polar surface area (TPSA) is 90.0 Å². The van der Waals surface area contributed by atoms with Gasteiger partial charge in [-0.25, -0.2) is 4.98 Å². The van der Waals surface area contributed by atoms with Crippen LogP contribution < -0.4 is 10.5 Å². The number of primary amides is 1. The Hall–Kier alpha value is -2.45. The SMILES string of the molecule is COc1ccc2nc(C3(CC(N)=O)C=CC(N4CCOCC4)=NC3)sc2c1. The number of rotatable bonds is 4. The van der Waals surface area contributed by atoms with Crippen LogP contribution in [0.25, 0.3) is 10.2 Å². The molecule has 7 nitrogen and oxygen atoms in total. The van der Waals surface area contributed by atoms with E-state index in [-0.39, 0.29) is 12.3 Å². The van der Waals surface area contributed by atoms with Gasteiger partial charge in [0.05, 0.1) is 42.5 Å². The maximum atomic E-state index is 11.8. The molecular weight excluding hydrogens is 364 g/mol. The van der Waals surface area contributed by atoms with Crippen LogP contribution in [0.4, 0.5) is 0 Å². The highest BCUT2D eigenvalue weighted by Crippen LogP contribution is 2.38. The summed E-state index contributed by atoms with van der Waals surface area (Å²) in [5, 5.41) is 0.852. The summed E-state index contributed by atoms with van der Waals surface area (Å²) >= 11 is 1.56. The van der Waals surface area contributed by atoms with Crippen molar-refractivity contribution in [1.29, 1.82) is 0 Å². The molecule has 0 radical (unpaired) electrons. The van der Waals surface area contributed by atoms with Crippen LogP contribution in [0, 0.1) is 0 Å². The zero-order valence-electron chi connectivity index (χ0n) is 15.2. The molecule has 1 atom stereocenters. The molecule has 1 aromatic carbocycles. The summed E-state index contributed by atoms with van der Waals surface area (Å²) < 4.78 is 11.7. The van der Waals surface area contributed by atoms with Gasteiger partial charge in [0.15, 0.2) is 0 Å². The molecule has 0 spiro atoms. The molecule has 3 heterocycles. The molecule has 0 aliphatic carbocycles. The predicted octanol–water partition coefficient (Wildman–Crippen LogP) is 1.72. The zero-order chi connectivity index (χ0) is 18.9. The normalized spacial score (nSPS) is 22.7. The highest BCUT2D eigenvalue weighted by atomic mass is 32.1. The standard InChI is InChI=1S/C19H22N4O3S/c1-25-13-2-3-14-15(10-13)27-18(22-14)19(11-16(20)24)5-4-17(21-12-19)23-6-8-26-9-7-23/h2-5,10H,6-9,11-12H2,1H3,(H2,20,24). The molecule has 1 amide bonds. The van der Waals surface area contributed by atoms with Crippen molar-refractivity contribution in [2.45, 2.75) is 11.8 Å².